The third kappa shape index (κ3) is 3.04. The Morgan fingerprint density at radius 2 is 2.32 bits per heavy atom. The topological polar surface area (TPSA) is 113 Å². The van der Waals surface area contributed by atoms with E-state index in [2.05, 4.69) is 30.6 Å². The molecule has 1 aliphatic rings. The molecule has 0 bridgehead atoms. The van der Waals surface area contributed by atoms with E-state index in [9.17, 15) is 4.79 Å². The molecule has 2 amide bonds. The highest BCUT2D eigenvalue weighted by atomic mass is 16.5. The largest absolute Gasteiger partial charge is 0.339 e. The fourth-order valence-electron chi connectivity index (χ4n) is 3.13. The van der Waals surface area contributed by atoms with E-state index in [-0.39, 0.29) is 11.9 Å². The van der Waals surface area contributed by atoms with Crippen LogP contribution in [0.5, 0.6) is 0 Å². The summed E-state index contributed by atoms with van der Waals surface area (Å²) in [6.45, 7) is 4.98. The fourth-order valence-corrected chi connectivity index (χ4v) is 3.13. The van der Waals surface area contributed by atoms with Gasteiger partial charge in [0.2, 0.25) is 5.89 Å². The first-order valence-corrected chi connectivity index (χ1v) is 8.27. The molecule has 0 aromatic carbocycles. The van der Waals surface area contributed by atoms with Gasteiger partial charge in [-0.25, -0.2) is 9.78 Å². The summed E-state index contributed by atoms with van der Waals surface area (Å²) in [6, 6.07) is 1.73. The van der Waals surface area contributed by atoms with Crippen LogP contribution < -0.4 is 5.32 Å². The van der Waals surface area contributed by atoms with E-state index in [4.69, 9.17) is 4.52 Å². The van der Waals surface area contributed by atoms with Gasteiger partial charge in [-0.05, 0) is 32.8 Å². The summed E-state index contributed by atoms with van der Waals surface area (Å²) in [6.07, 6.45) is 3.45. The van der Waals surface area contributed by atoms with Gasteiger partial charge in [0.05, 0.1) is 17.8 Å². The number of hydrogen-bond donors (Lipinski definition) is 2. The van der Waals surface area contributed by atoms with Gasteiger partial charge in [-0.15, -0.1) is 0 Å². The molecular formula is C16H19N7O2. The van der Waals surface area contributed by atoms with Gasteiger partial charge in [-0.2, -0.15) is 10.1 Å². The van der Waals surface area contributed by atoms with Crippen molar-refractivity contribution in [1.82, 2.24) is 30.2 Å². The molecule has 1 saturated heterocycles. The third-order valence-corrected chi connectivity index (χ3v) is 4.45. The summed E-state index contributed by atoms with van der Waals surface area (Å²) in [7, 11) is 0. The van der Waals surface area contributed by atoms with Crippen LogP contribution in [0.2, 0.25) is 0 Å². The van der Waals surface area contributed by atoms with Crippen molar-refractivity contribution in [3.05, 3.63) is 29.7 Å². The molecule has 25 heavy (non-hydrogen) atoms. The lowest BCUT2D eigenvalue weighted by atomic mass is 9.98. The molecule has 1 atom stereocenters. The van der Waals surface area contributed by atoms with Crippen molar-refractivity contribution in [3.8, 4) is 0 Å². The minimum Gasteiger partial charge on any atom is -0.339 e. The smallest absolute Gasteiger partial charge is 0.321 e. The number of urea groups is 1. The Morgan fingerprint density at radius 3 is 3.12 bits per heavy atom. The highest BCUT2D eigenvalue weighted by molar-refractivity contribution is 5.92. The number of nitrogens with one attached hydrogen (secondary N) is 2. The normalized spacial score (nSPS) is 17.8. The molecule has 130 valence electrons. The number of amides is 2. The summed E-state index contributed by atoms with van der Waals surface area (Å²) >= 11 is 0. The van der Waals surface area contributed by atoms with Crippen molar-refractivity contribution in [2.45, 2.75) is 32.6 Å². The number of H-pyrrole nitrogens is 1. The van der Waals surface area contributed by atoms with E-state index in [1.165, 1.54) is 0 Å². The van der Waals surface area contributed by atoms with Gasteiger partial charge in [0.25, 0.3) is 0 Å². The first-order chi connectivity index (χ1) is 12.1. The molecule has 2 N–H and O–H groups in total. The lowest BCUT2D eigenvalue weighted by Gasteiger charge is -2.31. The minimum absolute atomic E-state index is 0.0809. The predicted molar refractivity (Wildman–Crippen MR) is 90.2 cm³/mol. The van der Waals surface area contributed by atoms with Crippen LogP contribution in [0, 0.1) is 13.8 Å². The number of rotatable bonds is 2. The number of aromatic nitrogens is 5. The van der Waals surface area contributed by atoms with Crippen molar-refractivity contribution < 1.29 is 9.32 Å². The molecule has 0 aliphatic carbocycles. The van der Waals surface area contributed by atoms with Crippen LogP contribution >= 0.6 is 0 Å². The lowest BCUT2D eigenvalue weighted by molar-refractivity contribution is 0.184. The van der Waals surface area contributed by atoms with Crippen molar-refractivity contribution in [1.29, 1.82) is 0 Å². The summed E-state index contributed by atoms with van der Waals surface area (Å²) in [4.78, 5) is 22.9. The van der Waals surface area contributed by atoms with Crippen LogP contribution in [0.1, 0.15) is 36.2 Å². The van der Waals surface area contributed by atoms with Crippen LogP contribution in [0.4, 0.5) is 10.5 Å². The number of nitrogens with zero attached hydrogens (tertiary/aromatic N) is 5. The van der Waals surface area contributed by atoms with E-state index in [0.717, 1.165) is 23.9 Å². The van der Waals surface area contributed by atoms with Gasteiger partial charge in [0.1, 0.15) is 0 Å². The average Bonchev–Trinajstić information content (AvgIpc) is 3.21. The summed E-state index contributed by atoms with van der Waals surface area (Å²) in [5, 5.41) is 14.6. The number of carbonyl (C=O) groups is 1. The van der Waals surface area contributed by atoms with Crippen molar-refractivity contribution in [3.63, 3.8) is 0 Å². The quantitative estimate of drug-likeness (QED) is 0.740. The van der Waals surface area contributed by atoms with Crippen LogP contribution in [-0.4, -0.2) is 49.3 Å². The molecule has 9 nitrogen and oxygen atoms in total. The summed E-state index contributed by atoms with van der Waals surface area (Å²) in [5.41, 5.74) is 2.21. The molecule has 1 aliphatic heterocycles. The van der Waals surface area contributed by atoms with E-state index in [1.54, 1.807) is 18.0 Å². The summed E-state index contributed by atoms with van der Waals surface area (Å²) < 4.78 is 5.26. The van der Waals surface area contributed by atoms with E-state index in [1.807, 2.05) is 13.0 Å². The molecule has 0 spiro atoms. The maximum absolute atomic E-state index is 12.6. The lowest BCUT2D eigenvalue weighted by Crippen LogP contribution is -2.41. The van der Waals surface area contributed by atoms with Gasteiger partial charge in [0, 0.05) is 24.2 Å². The highest BCUT2D eigenvalue weighted by Gasteiger charge is 2.28. The van der Waals surface area contributed by atoms with Gasteiger partial charge < -0.3 is 14.7 Å². The van der Waals surface area contributed by atoms with E-state index in [0.29, 0.717) is 36.1 Å². The Morgan fingerprint density at radius 1 is 1.44 bits per heavy atom. The molecule has 0 unspecified atom stereocenters. The van der Waals surface area contributed by atoms with Gasteiger partial charge in [0.15, 0.2) is 11.5 Å². The van der Waals surface area contributed by atoms with Crippen LogP contribution in [-0.2, 0) is 0 Å². The molecule has 4 heterocycles. The standard InChI is InChI=1S/C16H19N7O2/c1-9-13-6-12(7-17-14(13)21-20-9)19-16(24)23-5-3-4-11(8-23)15-18-10(2)22-25-15/h6-7,11H,3-5,8H2,1-2H3,(H,19,24)(H,17,20,21)/t11-/m0/s1. The zero-order chi connectivity index (χ0) is 17.4. The van der Waals surface area contributed by atoms with E-state index >= 15 is 0 Å². The number of likely N-dealkylation sites (tertiary alicyclic amines) is 1. The monoisotopic (exact) mass is 341 g/mol. The second-order valence-corrected chi connectivity index (χ2v) is 6.34. The molecule has 0 saturated carbocycles. The zero-order valence-electron chi connectivity index (χ0n) is 14.1. The Bertz CT molecular complexity index is 916. The number of aryl methyl sites for hydroxylation is 2. The predicted octanol–water partition coefficient (Wildman–Crippen LogP) is 2.37. The number of anilines is 1. The van der Waals surface area contributed by atoms with Gasteiger partial charge in [-0.3, -0.25) is 5.10 Å². The number of piperidine rings is 1. The second-order valence-electron chi connectivity index (χ2n) is 6.34. The maximum Gasteiger partial charge on any atom is 0.321 e. The Hall–Kier alpha value is -2.97. The first kappa shape index (κ1) is 15.6. The number of carbonyl (C=O) groups excluding carboxylic acids is 1. The second kappa shape index (κ2) is 6.15. The molecule has 0 radical (unpaired) electrons. The number of fused-ring (bicyclic) bond motifs is 1. The number of pyridine rings is 1. The molecule has 1 fully saturated rings. The zero-order valence-corrected chi connectivity index (χ0v) is 14.1. The molecule has 3 aromatic heterocycles. The molecule has 3 aromatic rings. The van der Waals surface area contributed by atoms with Crippen molar-refractivity contribution in [2.75, 3.05) is 18.4 Å². The van der Waals surface area contributed by atoms with Gasteiger partial charge >= 0.3 is 6.03 Å². The Balaban J connectivity index is 1.47. The maximum atomic E-state index is 12.6. The minimum atomic E-state index is -0.150. The third-order valence-electron chi connectivity index (χ3n) is 4.45. The first-order valence-electron chi connectivity index (χ1n) is 8.27. The number of hydrogen-bond acceptors (Lipinski definition) is 6. The van der Waals surface area contributed by atoms with Gasteiger partial charge in [-0.1, -0.05) is 5.16 Å². The number of aromatic amines is 1. The molecule has 9 heteroatoms. The van der Waals surface area contributed by atoms with Crippen LogP contribution in [0.25, 0.3) is 11.0 Å². The van der Waals surface area contributed by atoms with Crippen molar-refractivity contribution in [2.24, 2.45) is 0 Å². The molecule has 4 rings (SSSR count). The Labute approximate surface area is 143 Å². The Kier molecular flexibility index (Phi) is 3.83. The SMILES string of the molecule is Cc1noc([C@H]2CCCN(C(=O)Nc3cnc4n[nH]c(C)c4c3)C2)n1. The van der Waals surface area contributed by atoms with Crippen LogP contribution in [0.15, 0.2) is 16.8 Å². The van der Waals surface area contributed by atoms with Crippen LogP contribution in [0.3, 0.4) is 0 Å². The molecular weight excluding hydrogens is 322 g/mol. The highest BCUT2D eigenvalue weighted by Crippen LogP contribution is 2.26. The van der Waals surface area contributed by atoms with Crippen molar-refractivity contribution >= 4 is 22.8 Å². The average molecular weight is 341 g/mol. The fraction of sp³-hybridized carbons (Fsp3) is 0.438. The summed E-state index contributed by atoms with van der Waals surface area (Å²) in [5.74, 6) is 1.30. The van der Waals surface area contributed by atoms with E-state index < -0.39 is 0 Å².